The molecule has 0 aliphatic carbocycles. The number of hydrogen-bond acceptors (Lipinski definition) is 3. The van der Waals surface area contributed by atoms with Gasteiger partial charge in [-0.3, -0.25) is 0 Å². The zero-order valence-corrected chi connectivity index (χ0v) is 10.3. The number of hydrogen-bond donors (Lipinski definition) is 0. The first-order valence-corrected chi connectivity index (χ1v) is 6.41. The lowest BCUT2D eigenvalue weighted by Crippen LogP contribution is -2.34. The molecule has 1 aromatic heterocycles. The van der Waals surface area contributed by atoms with Crippen LogP contribution in [0, 0.1) is 5.92 Å². The molecule has 2 rings (SSSR count). The van der Waals surface area contributed by atoms with Crippen molar-refractivity contribution in [2.75, 3.05) is 18.0 Å². The molecule has 1 aliphatic heterocycles. The normalized spacial score (nSPS) is 17.8. The molecule has 16 heavy (non-hydrogen) atoms. The summed E-state index contributed by atoms with van der Waals surface area (Å²) >= 11 is 0. The summed E-state index contributed by atoms with van der Waals surface area (Å²) in [4.78, 5) is 2.36. The Kier molecular flexibility index (Phi) is 3.75. The molecular weight excluding hydrogens is 198 g/mol. The van der Waals surface area contributed by atoms with Gasteiger partial charge < -0.3 is 4.90 Å². The van der Waals surface area contributed by atoms with E-state index in [9.17, 15) is 0 Å². The van der Waals surface area contributed by atoms with E-state index in [0.717, 1.165) is 36.9 Å². The van der Waals surface area contributed by atoms with E-state index in [1.165, 1.54) is 19.3 Å². The predicted octanol–water partition coefficient (Wildman–Crippen LogP) is 2.67. The van der Waals surface area contributed by atoms with Crippen LogP contribution in [0.2, 0.25) is 0 Å². The van der Waals surface area contributed by atoms with Gasteiger partial charge in [-0.05, 0) is 37.3 Å². The van der Waals surface area contributed by atoms with Crippen molar-refractivity contribution in [3.8, 4) is 0 Å². The Labute approximate surface area is 97.9 Å². The van der Waals surface area contributed by atoms with Crippen molar-refractivity contribution in [1.82, 2.24) is 10.2 Å². The second-order valence-corrected chi connectivity index (χ2v) is 4.58. The first kappa shape index (κ1) is 11.4. The number of piperidine rings is 1. The van der Waals surface area contributed by atoms with Crippen LogP contribution in [0.3, 0.4) is 0 Å². The van der Waals surface area contributed by atoms with Crippen LogP contribution in [0.5, 0.6) is 0 Å². The summed E-state index contributed by atoms with van der Waals surface area (Å²) in [6, 6.07) is 4.20. The van der Waals surface area contributed by atoms with Gasteiger partial charge in [0.2, 0.25) is 0 Å². The van der Waals surface area contributed by atoms with E-state index in [4.69, 9.17) is 0 Å². The Morgan fingerprint density at radius 3 is 2.44 bits per heavy atom. The Balaban J connectivity index is 1.97. The SMILES string of the molecule is CCc1ccc(N2CCC(CC)CC2)nn1. The van der Waals surface area contributed by atoms with Gasteiger partial charge in [0.25, 0.3) is 0 Å². The highest BCUT2D eigenvalue weighted by Crippen LogP contribution is 2.23. The molecule has 1 aromatic rings. The van der Waals surface area contributed by atoms with Crippen LogP contribution in [0.15, 0.2) is 12.1 Å². The molecule has 0 saturated carbocycles. The predicted molar refractivity (Wildman–Crippen MR) is 66.6 cm³/mol. The number of anilines is 1. The molecule has 88 valence electrons. The van der Waals surface area contributed by atoms with Crippen LogP contribution in [0.25, 0.3) is 0 Å². The highest BCUT2D eigenvalue weighted by Gasteiger charge is 2.18. The third-order valence-corrected chi connectivity index (χ3v) is 3.58. The van der Waals surface area contributed by atoms with Gasteiger partial charge in [-0.15, -0.1) is 5.10 Å². The molecule has 1 fully saturated rings. The standard InChI is InChI=1S/C13H21N3/c1-3-11-7-9-16(10-8-11)13-6-5-12(4-2)14-15-13/h5-6,11H,3-4,7-10H2,1-2H3. The van der Waals surface area contributed by atoms with Gasteiger partial charge in [-0.25, -0.2) is 0 Å². The minimum absolute atomic E-state index is 0.916. The average Bonchev–Trinajstić information content (AvgIpc) is 2.39. The lowest BCUT2D eigenvalue weighted by atomic mass is 9.94. The quantitative estimate of drug-likeness (QED) is 0.782. The molecule has 0 radical (unpaired) electrons. The van der Waals surface area contributed by atoms with Crippen molar-refractivity contribution >= 4 is 5.82 Å². The third kappa shape index (κ3) is 2.52. The van der Waals surface area contributed by atoms with Gasteiger partial charge in [0.1, 0.15) is 0 Å². The molecule has 2 heterocycles. The van der Waals surface area contributed by atoms with Crippen molar-refractivity contribution in [3.05, 3.63) is 17.8 Å². The van der Waals surface area contributed by atoms with Crippen molar-refractivity contribution in [2.45, 2.75) is 39.5 Å². The van der Waals surface area contributed by atoms with Crippen LogP contribution in [0.1, 0.15) is 38.8 Å². The first-order valence-electron chi connectivity index (χ1n) is 6.41. The van der Waals surface area contributed by atoms with E-state index in [2.05, 4.69) is 41.1 Å². The number of aryl methyl sites for hydroxylation is 1. The van der Waals surface area contributed by atoms with Gasteiger partial charge in [0, 0.05) is 13.1 Å². The fourth-order valence-corrected chi connectivity index (χ4v) is 2.28. The van der Waals surface area contributed by atoms with Gasteiger partial charge >= 0.3 is 0 Å². The second kappa shape index (κ2) is 5.28. The smallest absolute Gasteiger partial charge is 0.151 e. The van der Waals surface area contributed by atoms with Gasteiger partial charge in [-0.2, -0.15) is 5.10 Å². The monoisotopic (exact) mass is 219 g/mol. The largest absolute Gasteiger partial charge is 0.355 e. The van der Waals surface area contributed by atoms with E-state index in [0.29, 0.717) is 0 Å². The van der Waals surface area contributed by atoms with E-state index in [1.54, 1.807) is 0 Å². The average molecular weight is 219 g/mol. The fourth-order valence-electron chi connectivity index (χ4n) is 2.28. The zero-order valence-electron chi connectivity index (χ0n) is 10.3. The molecule has 0 atom stereocenters. The first-order chi connectivity index (χ1) is 7.83. The van der Waals surface area contributed by atoms with Crippen LogP contribution >= 0.6 is 0 Å². The molecule has 0 bridgehead atoms. The second-order valence-electron chi connectivity index (χ2n) is 4.58. The minimum Gasteiger partial charge on any atom is -0.355 e. The Morgan fingerprint density at radius 1 is 1.19 bits per heavy atom. The van der Waals surface area contributed by atoms with Gasteiger partial charge in [-0.1, -0.05) is 20.3 Å². The molecule has 1 saturated heterocycles. The summed E-state index contributed by atoms with van der Waals surface area (Å²) in [6.07, 6.45) is 4.88. The molecule has 1 aliphatic rings. The van der Waals surface area contributed by atoms with Crippen LogP contribution in [-0.2, 0) is 6.42 Å². The summed E-state index contributed by atoms with van der Waals surface area (Å²) < 4.78 is 0. The summed E-state index contributed by atoms with van der Waals surface area (Å²) in [5.74, 6) is 1.96. The topological polar surface area (TPSA) is 29.0 Å². The lowest BCUT2D eigenvalue weighted by Gasteiger charge is -2.32. The highest BCUT2D eigenvalue weighted by atomic mass is 15.3. The highest BCUT2D eigenvalue weighted by molar-refractivity contribution is 5.37. The van der Waals surface area contributed by atoms with Crippen molar-refractivity contribution in [2.24, 2.45) is 5.92 Å². The molecule has 0 N–H and O–H groups in total. The van der Waals surface area contributed by atoms with Crippen LogP contribution < -0.4 is 4.90 Å². The van der Waals surface area contributed by atoms with E-state index >= 15 is 0 Å². The molecule has 3 nitrogen and oxygen atoms in total. The maximum atomic E-state index is 4.30. The summed E-state index contributed by atoms with van der Waals surface area (Å²) in [5.41, 5.74) is 1.08. The van der Waals surface area contributed by atoms with E-state index in [-0.39, 0.29) is 0 Å². The number of nitrogens with zero attached hydrogens (tertiary/aromatic N) is 3. The lowest BCUT2D eigenvalue weighted by molar-refractivity contribution is 0.393. The molecular formula is C13H21N3. The van der Waals surface area contributed by atoms with E-state index < -0.39 is 0 Å². The third-order valence-electron chi connectivity index (χ3n) is 3.58. The zero-order chi connectivity index (χ0) is 11.4. The maximum absolute atomic E-state index is 4.30. The maximum Gasteiger partial charge on any atom is 0.151 e. The van der Waals surface area contributed by atoms with Gasteiger partial charge in [0.15, 0.2) is 5.82 Å². The molecule has 3 heteroatoms. The van der Waals surface area contributed by atoms with E-state index in [1.807, 2.05) is 0 Å². The van der Waals surface area contributed by atoms with Crippen molar-refractivity contribution in [3.63, 3.8) is 0 Å². The summed E-state index contributed by atoms with van der Waals surface area (Å²) in [5, 5.41) is 8.52. The molecule has 0 spiro atoms. The molecule has 0 aromatic carbocycles. The molecule has 0 unspecified atom stereocenters. The van der Waals surface area contributed by atoms with Gasteiger partial charge in [0.05, 0.1) is 5.69 Å². The Bertz CT molecular complexity index is 312. The number of aromatic nitrogens is 2. The Hall–Kier alpha value is -1.12. The van der Waals surface area contributed by atoms with Crippen molar-refractivity contribution in [1.29, 1.82) is 0 Å². The van der Waals surface area contributed by atoms with Crippen LogP contribution in [-0.4, -0.2) is 23.3 Å². The summed E-state index contributed by atoms with van der Waals surface area (Å²) in [7, 11) is 0. The fraction of sp³-hybridized carbons (Fsp3) is 0.692. The number of rotatable bonds is 3. The minimum atomic E-state index is 0.916. The van der Waals surface area contributed by atoms with Crippen LogP contribution in [0.4, 0.5) is 5.82 Å². The molecule has 0 amide bonds. The van der Waals surface area contributed by atoms with Crippen molar-refractivity contribution < 1.29 is 0 Å². The summed E-state index contributed by atoms with van der Waals surface area (Å²) in [6.45, 7) is 6.67. The Morgan fingerprint density at radius 2 is 1.94 bits per heavy atom.